The Labute approximate surface area is 155 Å². The van der Waals surface area contributed by atoms with E-state index in [9.17, 15) is 17.6 Å². The molecule has 6 nitrogen and oxygen atoms in total. The summed E-state index contributed by atoms with van der Waals surface area (Å²) in [5.41, 5.74) is 0.678. The molecule has 0 saturated heterocycles. The van der Waals surface area contributed by atoms with Crippen molar-refractivity contribution in [3.8, 4) is 5.75 Å². The summed E-state index contributed by atoms with van der Waals surface area (Å²) in [5.74, 6) is -0.970. The fourth-order valence-corrected chi connectivity index (χ4v) is 3.86. The molecule has 1 heterocycles. The monoisotopic (exact) mass is 398 g/mol. The third-order valence-electron chi connectivity index (χ3n) is 3.91. The molecule has 0 aromatic heterocycles. The zero-order valence-corrected chi connectivity index (χ0v) is 15.3. The van der Waals surface area contributed by atoms with Gasteiger partial charge in [0.15, 0.2) is 6.10 Å². The topological polar surface area (TPSA) is 75.7 Å². The second-order valence-corrected chi connectivity index (χ2v) is 8.21. The minimum Gasteiger partial charge on any atom is -0.476 e. The molecule has 26 heavy (non-hydrogen) atoms. The third kappa shape index (κ3) is 3.61. The molecule has 138 valence electrons. The van der Waals surface area contributed by atoms with Gasteiger partial charge in [-0.3, -0.25) is 9.10 Å². The summed E-state index contributed by atoms with van der Waals surface area (Å²) in [6, 6.07) is 10.4. The number of benzene rings is 2. The molecule has 0 radical (unpaired) electrons. The van der Waals surface area contributed by atoms with Crippen LogP contribution in [0, 0.1) is 5.82 Å². The fourth-order valence-electron chi connectivity index (χ4n) is 2.55. The highest BCUT2D eigenvalue weighted by Crippen LogP contribution is 2.35. The van der Waals surface area contributed by atoms with Crippen molar-refractivity contribution in [1.29, 1.82) is 0 Å². The summed E-state index contributed by atoms with van der Waals surface area (Å²) in [6.07, 6.45) is -1.06. The van der Waals surface area contributed by atoms with Gasteiger partial charge < -0.3 is 10.1 Å². The molecule has 0 fully saturated rings. The predicted octanol–water partition coefficient (Wildman–Crippen LogP) is 3.03. The number of sulfonamides is 1. The van der Waals surface area contributed by atoms with Gasteiger partial charge in [0, 0.05) is 5.69 Å². The number of nitrogens with zero attached hydrogens (tertiary/aromatic N) is 1. The fraction of sp³-hybridized carbons (Fsp3) is 0.235. The Bertz CT molecular complexity index is 952. The molecule has 1 amide bonds. The van der Waals surface area contributed by atoms with E-state index in [-0.39, 0.29) is 23.0 Å². The number of anilines is 2. The highest BCUT2D eigenvalue weighted by atomic mass is 35.5. The molecule has 0 aliphatic carbocycles. The first-order chi connectivity index (χ1) is 12.3. The lowest BCUT2D eigenvalue weighted by Crippen LogP contribution is -2.49. The van der Waals surface area contributed by atoms with Crippen LogP contribution < -0.4 is 14.4 Å². The van der Waals surface area contributed by atoms with Gasteiger partial charge in [-0.05, 0) is 37.3 Å². The number of halogens is 2. The quantitative estimate of drug-likeness (QED) is 0.858. The minimum atomic E-state index is -3.58. The summed E-state index contributed by atoms with van der Waals surface area (Å²) < 4.78 is 44.9. The van der Waals surface area contributed by atoms with Gasteiger partial charge in [0.05, 0.1) is 23.0 Å². The first kappa shape index (κ1) is 18.5. The Hall–Kier alpha value is -2.32. The van der Waals surface area contributed by atoms with E-state index in [0.717, 1.165) is 6.07 Å². The van der Waals surface area contributed by atoms with Gasteiger partial charge in [0.2, 0.25) is 10.0 Å². The van der Waals surface area contributed by atoms with Crippen LogP contribution in [-0.2, 0) is 14.8 Å². The van der Waals surface area contributed by atoms with Gasteiger partial charge in [0.25, 0.3) is 5.91 Å². The molecular formula is C17H16ClFN2O4S. The standard InChI is InChI=1S/C17H16ClFN2O4S/c1-2-26(23,24)21-10-16(25-15-6-4-3-5-14(15)21)17(22)20-11-7-8-13(19)12(18)9-11/h3-9,16H,2,10H2,1H3,(H,20,22)/t16-/m1/s1. The van der Waals surface area contributed by atoms with Gasteiger partial charge >= 0.3 is 0 Å². The van der Waals surface area contributed by atoms with E-state index in [0.29, 0.717) is 11.4 Å². The average molecular weight is 399 g/mol. The van der Waals surface area contributed by atoms with Crippen molar-refractivity contribution in [2.75, 3.05) is 21.9 Å². The Morgan fingerprint density at radius 2 is 2.08 bits per heavy atom. The smallest absolute Gasteiger partial charge is 0.267 e. The second-order valence-electron chi connectivity index (χ2n) is 5.62. The molecular weight excluding hydrogens is 383 g/mol. The lowest BCUT2D eigenvalue weighted by atomic mass is 10.2. The molecule has 9 heteroatoms. The van der Waals surface area contributed by atoms with Crippen LogP contribution in [0.2, 0.25) is 5.02 Å². The Balaban J connectivity index is 1.87. The minimum absolute atomic E-state index is 0.108. The van der Waals surface area contributed by atoms with Gasteiger partial charge in [-0.1, -0.05) is 23.7 Å². The van der Waals surface area contributed by atoms with Crippen LogP contribution in [-0.4, -0.2) is 32.7 Å². The predicted molar refractivity (Wildman–Crippen MR) is 97.7 cm³/mol. The second kappa shape index (κ2) is 7.13. The zero-order chi connectivity index (χ0) is 18.9. The van der Waals surface area contributed by atoms with Crippen molar-refractivity contribution in [1.82, 2.24) is 0 Å². The molecule has 0 spiro atoms. The number of hydrogen-bond donors (Lipinski definition) is 1. The van der Waals surface area contributed by atoms with Crippen LogP contribution in [0.25, 0.3) is 0 Å². The molecule has 0 bridgehead atoms. The number of ether oxygens (including phenoxy) is 1. The van der Waals surface area contributed by atoms with E-state index in [2.05, 4.69) is 5.32 Å². The summed E-state index contributed by atoms with van der Waals surface area (Å²) in [7, 11) is -3.58. The number of fused-ring (bicyclic) bond motifs is 1. The van der Waals surface area contributed by atoms with E-state index in [1.807, 2.05) is 0 Å². The van der Waals surface area contributed by atoms with Crippen molar-refractivity contribution >= 4 is 38.9 Å². The maximum Gasteiger partial charge on any atom is 0.267 e. The third-order valence-corrected chi connectivity index (χ3v) is 5.95. The number of amides is 1. The van der Waals surface area contributed by atoms with Crippen molar-refractivity contribution < 1.29 is 22.3 Å². The molecule has 3 rings (SSSR count). The van der Waals surface area contributed by atoms with Crippen molar-refractivity contribution in [2.45, 2.75) is 13.0 Å². The first-order valence-electron chi connectivity index (χ1n) is 7.84. The summed E-state index contributed by atoms with van der Waals surface area (Å²) in [6.45, 7) is 1.37. The molecule has 1 aliphatic heterocycles. The van der Waals surface area contributed by atoms with E-state index in [1.165, 1.54) is 23.4 Å². The number of para-hydroxylation sites is 2. The lowest BCUT2D eigenvalue weighted by molar-refractivity contribution is -0.122. The van der Waals surface area contributed by atoms with Crippen LogP contribution in [0.5, 0.6) is 5.75 Å². The van der Waals surface area contributed by atoms with Crippen LogP contribution in [0.4, 0.5) is 15.8 Å². The van der Waals surface area contributed by atoms with Crippen LogP contribution in [0.1, 0.15) is 6.92 Å². The van der Waals surface area contributed by atoms with Crippen molar-refractivity contribution in [2.24, 2.45) is 0 Å². The SMILES string of the molecule is CCS(=O)(=O)N1C[C@H](C(=O)Nc2ccc(F)c(Cl)c2)Oc2ccccc21. The normalized spacial score (nSPS) is 16.6. The number of carbonyl (C=O) groups excluding carboxylic acids is 1. The van der Waals surface area contributed by atoms with E-state index >= 15 is 0 Å². The molecule has 0 saturated carbocycles. The van der Waals surface area contributed by atoms with Gasteiger partial charge in [-0.15, -0.1) is 0 Å². The Morgan fingerprint density at radius 1 is 1.35 bits per heavy atom. The molecule has 2 aromatic carbocycles. The Kier molecular flexibility index (Phi) is 5.06. The maximum absolute atomic E-state index is 13.2. The highest BCUT2D eigenvalue weighted by molar-refractivity contribution is 7.92. The molecule has 2 aromatic rings. The van der Waals surface area contributed by atoms with E-state index < -0.39 is 27.9 Å². The van der Waals surface area contributed by atoms with Crippen molar-refractivity contribution in [3.63, 3.8) is 0 Å². The molecule has 0 unspecified atom stereocenters. The van der Waals surface area contributed by atoms with Gasteiger partial charge in [-0.2, -0.15) is 0 Å². The van der Waals surface area contributed by atoms with Crippen molar-refractivity contribution in [3.05, 3.63) is 53.3 Å². The lowest BCUT2D eigenvalue weighted by Gasteiger charge is -2.34. The van der Waals surface area contributed by atoms with Gasteiger partial charge in [-0.25, -0.2) is 12.8 Å². The number of carbonyl (C=O) groups is 1. The summed E-state index contributed by atoms with van der Waals surface area (Å²) in [4.78, 5) is 12.5. The van der Waals surface area contributed by atoms with Crippen LogP contribution in [0.15, 0.2) is 42.5 Å². The largest absolute Gasteiger partial charge is 0.476 e. The molecule has 1 aliphatic rings. The maximum atomic E-state index is 13.2. The number of nitrogens with one attached hydrogen (secondary N) is 1. The van der Waals surface area contributed by atoms with Crippen LogP contribution in [0.3, 0.4) is 0 Å². The molecule has 1 atom stereocenters. The summed E-state index contributed by atoms with van der Waals surface area (Å²) >= 11 is 5.71. The van der Waals surface area contributed by atoms with E-state index in [4.69, 9.17) is 16.3 Å². The Morgan fingerprint density at radius 3 is 2.77 bits per heavy atom. The zero-order valence-electron chi connectivity index (χ0n) is 13.8. The van der Waals surface area contributed by atoms with E-state index in [1.54, 1.807) is 24.3 Å². The summed E-state index contributed by atoms with van der Waals surface area (Å²) in [5, 5.41) is 2.43. The number of hydrogen-bond acceptors (Lipinski definition) is 4. The highest BCUT2D eigenvalue weighted by Gasteiger charge is 2.35. The number of rotatable bonds is 4. The van der Waals surface area contributed by atoms with Gasteiger partial charge in [0.1, 0.15) is 11.6 Å². The van der Waals surface area contributed by atoms with Crippen LogP contribution >= 0.6 is 11.6 Å². The average Bonchev–Trinajstić information content (AvgIpc) is 2.63. The molecule has 1 N–H and O–H groups in total. The first-order valence-corrected chi connectivity index (χ1v) is 9.82.